The Morgan fingerprint density at radius 1 is 0.925 bits per heavy atom. The number of para-hydroxylation sites is 3. The number of carbonyl (C=O) groups excluding carboxylic acids is 2. The van der Waals surface area contributed by atoms with Crippen LogP contribution in [0.15, 0.2) is 109 Å². The molecular weight excluding hydrogens is 513 g/mol. The number of hydrogen-bond acceptors (Lipinski definition) is 6. The van der Waals surface area contributed by atoms with Crippen molar-refractivity contribution < 1.29 is 28.6 Å². The summed E-state index contributed by atoms with van der Waals surface area (Å²) in [6.45, 7) is 1.91. The Morgan fingerprint density at radius 2 is 1.62 bits per heavy atom. The molecule has 0 aliphatic carbocycles. The molecule has 40 heavy (non-hydrogen) atoms. The predicted molar refractivity (Wildman–Crippen MR) is 152 cm³/mol. The first-order chi connectivity index (χ1) is 19.3. The highest BCUT2D eigenvalue weighted by Gasteiger charge is 2.29. The van der Waals surface area contributed by atoms with Crippen LogP contribution in [0.3, 0.4) is 0 Å². The molecule has 0 saturated heterocycles. The third-order valence-corrected chi connectivity index (χ3v) is 5.80. The van der Waals surface area contributed by atoms with Crippen molar-refractivity contribution in [3.63, 3.8) is 0 Å². The number of halogens is 1. The number of anilines is 3. The molecule has 204 valence electrons. The first-order valence-electron chi connectivity index (χ1n) is 12.4. The molecule has 0 fully saturated rings. The van der Waals surface area contributed by atoms with Crippen LogP contribution in [0.5, 0.6) is 11.5 Å². The van der Waals surface area contributed by atoms with E-state index >= 15 is 0 Å². The zero-order valence-electron chi connectivity index (χ0n) is 21.6. The van der Waals surface area contributed by atoms with Gasteiger partial charge in [0.15, 0.2) is 23.8 Å². The van der Waals surface area contributed by atoms with Crippen molar-refractivity contribution in [2.45, 2.75) is 19.1 Å². The van der Waals surface area contributed by atoms with Crippen molar-refractivity contribution in [3.05, 3.63) is 126 Å². The van der Waals surface area contributed by atoms with Crippen LogP contribution in [0.1, 0.15) is 17.2 Å². The van der Waals surface area contributed by atoms with Gasteiger partial charge in [0.05, 0.1) is 11.4 Å². The normalized spacial score (nSPS) is 12.3. The quantitative estimate of drug-likeness (QED) is 0.145. The molecule has 0 aliphatic rings. The average Bonchev–Trinajstić information content (AvgIpc) is 2.94. The van der Waals surface area contributed by atoms with Gasteiger partial charge in [0, 0.05) is 11.8 Å². The van der Waals surface area contributed by atoms with Crippen LogP contribution in [0.4, 0.5) is 26.2 Å². The Balaban J connectivity index is 1.65. The van der Waals surface area contributed by atoms with E-state index in [1.165, 1.54) is 18.2 Å². The zero-order chi connectivity index (χ0) is 28.5. The molecule has 9 heteroatoms. The third-order valence-electron chi connectivity index (χ3n) is 5.80. The van der Waals surface area contributed by atoms with E-state index in [2.05, 4.69) is 10.6 Å². The number of amides is 2. The number of ether oxygens (including phenoxy) is 2. The molecule has 0 aliphatic heterocycles. The van der Waals surface area contributed by atoms with Crippen molar-refractivity contribution in [3.8, 4) is 11.5 Å². The first-order valence-corrected chi connectivity index (χ1v) is 12.4. The fourth-order valence-electron chi connectivity index (χ4n) is 3.75. The fourth-order valence-corrected chi connectivity index (χ4v) is 3.75. The Labute approximate surface area is 230 Å². The maximum absolute atomic E-state index is 14.4. The van der Waals surface area contributed by atoms with Gasteiger partial charge in [0.1, 0.15) is 5.75 Å². The Hall–Kier alpha value is -5.31. The maximum Gasteiger partial charge on any atom is 0.412 e. The van der Waals surface area contributed by atoms with Gasteiger partial charge < -0.3 is 25.6 Å². The number of phenolic OH excluding ortho intramolecular Hbond substituents is 1. The van der Waals surface area contributed by atoms with Crippen LogP contribution in [-0.2, 0) is 9.53 Å². The fraction of sp³-hybridized carbons (Fsp3) is 0.0968. The third kappa shape index (κ3) is 7.61. The molecule has 8 nitrogen and oxygen atoms in total. The number of phenols is 1. The minimum atomic E-state index is -1.23. The molecule has 4 aromatic rings. The van der Waals surface area contributed by atoms with Crippen molar-refractivity contribution in [2.75, 3.05) is 16.4 Å². The Bertz CT molecular complexity index is 1490. The number of aryl methyl sites for hydroxylation is 1. The van der Waals surface area contributed by atoms with Gasteiger partial charge in [-0.1, -0.05) is 54.1 Å². The van der Waals surface area contributed by atoms with Gasteiger partial charge in [-0.25, -0.2) is 9.18 Å². The Morgan fingerprint density at radius 3 is 2.33 bits per heavy atom. The topological polar surface area (TPSA) is 123 Å². The standard InChI is InChI=1S/C31H28FN3O5/c1-20-11-14-22(15-12-20)34-31(38)40-30(21-13-16-27(36)24(32)19-21)28(39-23-7-3-2-4-8-23)17-18-29(37)35-26-10-6-5-9-25(26)33/h2-19,28,30,36H,33H2,1H3,(H,34,38)(H,35,37)/b18-17+/t28-,30-/m0/s1. The van der Waals surface area contributed by atoms with Crippen LogP contribution in [-0.4, -0.2) is 23.2 Å². The highest BCUT2D eigenvalue weighted by atomic mass is 19.1. The van der Waals surface area contributed by atoms with Crippen LogP contribution < -0.4 is 21.1 Å². The summed E-state index contributed by atoms with van der Waals surface area (Å²) in [5, 5.41) is 15.1. The second-order valence-corrected chi connectivity index (χ2v) is 8.86. The van der Waals surface area contributed by atoms with Gasteiger partial charge in [-0.15, -0.1) is 0 Å². The molecule has 2 amide bonds. The van der Waals surface area contributed by atoms with E-state index in [-0.39, 0.29) is 5.56 Å². The van der Waals surface area contributed by atoms with Crippen LogP contribution in [0.2, 0.25) is 0 Å². The largest absolute Gasteiger partial charge is 0.505 e. The highest BCUT2D eigenvalue weighted by molar-refractivity contribution is 6.01. The second kappa shape index (κ2) is 13.0. The summed E-state index contributed by atoms with van der Waals surface area (Å²) < 4.78 is 26.3. The summed E-state index contributed by atoms with van der Waals surface area (Å²) in [5.74, 6) is -1.58. The number of nitrogens with one attached hydrogen (secondary N) is 2. The highest BCUT2D eigenvalue weighted by Crippen LogP contribution is 2.30. The number of rotatable bonds is 9. The lowest BCUT2D eigenvalue weighted by atomic mass is 10.0. The second-order valence-electron chi connectivity index (χ2n) is 8.86. The molecule has 0 saturated carbocycles. The van der Waals surface area contributed by atoms with Crippen LogP contribution in [0, 0.1) is 12.7 Å². The van der Waals surface area contributed by atoms with Crippen molar-refractivity contribution in [1.82, 2.24) is 0 Å². The monoisotopic (exact) mass is 541 g/mol. The number of carbonyl (C=O) groups is 2. The summed E-state index contributed by atoms with van der Waals surface area (Å²) in [5.41, 5.74) is 8.41. The molecule has 0 heterocycles. The smallest absolute Gasteiger partial charge is 0.412 e. The number of nitrogens with two attached hydrogens (primary N) is 1. The van der Waals surface area contributed by atoms with Crippen LogP contribution in [0.25, 0.3) is 0 Å². The molecule has 4 aromatic carbocycles. The lowest BCUT2D eigenvalue weighted by Crippen LogP contribution is -2.30. The molecular formula is C31H28FN3O5. The Kier molecular flexibility index (Phi) is 8.99. The maximum atomic E-state index is 14.4. The van der Waals surface area contributed by atoms with E-state index in [1.807, 2.05) is 19.1 Å². The van der Waals surface area contributed by atoms with E-state index in [4.69, 9.17) is 15.2 Å². The summed E-state index contributed by atoms with van der Waals surface area (Å²) in [7, 11) is 0. The van der Waals surface area contributed by atoms with Crippen molar-refractivity contribution in [1.29, 1.82) is 0 Å². The van der Waals surface area contributed by atoms with E-state index in [9.17, 15) is 19.1 Å². The molecule has 0 spiro atoms. The molecule has 4 rings (SSSR count). The predicted octanol–water partition coefficient (Wildman–Crippen LogP) is 6.35. The molecule has 5 N–H and O–H groups in total. The minimum Gasteiger partial charge on any atom is -0.505 e. The SMILES string of the molecule is Cc1ccc(NC(=O)O[C@@H](c2ccc(O)c(F)c2)[C@H](/C=C/C(=O)Nc2ccccc2N)Oc2ccccc2)cc1. The average molecular weight is 542 g/mol. The van der Waals surface area contributed by atoms with Gasteiger partial charge in [-0.2, -0.15) is 0 Å². The minimum absolute atomic E-state index is 0.188. The zero-order valence-corrected chi connectivity index (χ0v) is 21.6. The summed E-state index contributed by atoms with van der Waals surface area (Å²) in [6, 6.07) is 26.1. The van der Waals surface area contributed by atoms with Crippen LogP contribution >= 0.6 is 0 Å². The van der Waals surface area contributed by atoms with E-state index < -0.39 is 35.8 Å². The lowest BCUT2D eigenvalue weighted by Gasteiger charge is -2.26. The van der Waals surface area contributed by atoms with Gasteiger partial charge in [-0.05, 0) is 67.1 Å². The molecule has 0 bridgehead atoms. The van der Waals surface area contributed by atoms with E-state index in [1.54, 1.807) is 66.7 Å². The van der Waals surface area contributed by atoms with E-state index in [0.29, 0.717) is 22.8 Å². The summed E-state index contributed by atoms with van der Waals surface area (Å²) >= 11 is 0. The summed E-state index contributed by atoms with van der Waals surface area (Å²) in [4.78, 5) is 25.7. The molecule has 0 unspecified atom stereocenters. The van der Waals surface area contributed by atoms with Gasteiger partial charge in [0.25, 0.3) is 0 Å². The number of hydrogen-bond donors (Lipinski definition) is 4. The van der Waals surface area contributed by atoms with Gasteiger partial charge >= 0.3 is 6.09 Å². The lowest BCUT2D eigenvalue weighted by molar-refractivity contribution is -0.112. The number of aromatic hydroxyl groups is 1. The van der Waals surface area contributed by atoms with Gasteiger partial charge in [-0.3, -0.25) is 10.1 Å². The number of nitrogen functional groups attached to an aromatic ring is 1. The van der Waals surface area contributed by atoms with Crippen molar-refractivity contribution in [2.24, 2.45) is 0 Å². The molecule has 0 aromatic heterocycles. The van der Waals surface area contributed by atoms with Gasteiger partial charge in [0.2, 0.25) is 5.91 Å². The first kappa shape index (κ1) is 27.7. The molecule has 2 atom stereocenters. The summed E-state index contributed by atoms with van der Waals surface area (Å²) in [6.07, 6.45) is -0.541. The number of benzene rings is 4. The van der Waals surface area contributed by atoms with Crippen molar-refractivity contribution >= 4 is 29.1 Å². The molecule has 0 radical (unpaired) electrons. The van der Waals surface area contributed by atoms with E-state index in [0.717, 1.165) is 17.7 Å².